The van der Waals surface area contributed by atoms with Crippen LogP contribution in [0.3, 0.4) is 0 Å². The van der Waals surface area contributed by atoms with Gasteiger partial charge in [-0.05, 0) is 34.1 Å². The van der Waals surface area contributed by atoms with Gasteiger partial charge >= 0.3 is 0 Å². The number of carbonyl (C=O) groups excluding carboxylic acids is 2. The van der Waals surface area contributed by atoms with Crippen molar-refractivity contribution in [1.82, 2.24) is 0 Å². The molecule has 0 aliphatic carbocycles. The zero-order valence-corrected chi connectivity index (χ0v) is 8.78. The van der Waals surface area contributed by atoms with Crippen LogP contribution >= 0.6 is 15.9 Å². The lowest BCUT2D eigenvalue weighted by Gasteiger charge is -2.05. The summed E-state index contributed by atoms with van der Waals surface area (Å²) >= 11 is 3.20. The van der Waals surface area contributed by atoms with E-state index in [-0.39, 0.29) is 6.61 Å². The zero-order valence-electron chi connectivity index (χ0n) is 7.20. The molecule has 0 aromatic heterocycles. The van der Waals surface area contributed by atoms with E-state index >= 15 is 0 Å². The fraction of sp³-hybridized carbons (Fsp3) is 0.111. The third kappa shape index (κ3) is 2.85. The van der Waals surface area contributed by atoms with E-state index in [0.29, 0.717) is 15.8 Å². The van der Waals surface area contributed by atoms with Gasteiger partial charge < -0.3 is 10.5 Å². The second-order valence-corrected chi connectivity index (χ2v) is 3.42. The van der Waals surface area contributed by atoms with Crippen LogP contribution in [-0.4, -0.2) is 18.8 Å². The van der Waals surface area contributed by atoms with Crippen molar-refractivity contribution in [2.45, 2.75) is 0 Å². The summed E-state index contributed by atoms with van der Waals surface area (Å²) in [7, 11) is 0. The quantitative estimate of drug-likeness (QED) is 0.823. The molecule has 0 bridgehead atoms. The molecule has 0 saturated heterocycles. The van der Waals surface area contributed by atoms with Crippen LogP contribution in [0.2, 0.25) is 0 Å². The molecule has 5 heteroatoms. The lowest BCUT2D eigenvalue weighted by molar-refractivity contribution is -0.119. The Hall–Kier alpha value is -1.36. The minimum Gasteiger partial charge on any atom is -0.483 e. The number of nitrogens with two attached hydrogens (primary N) is 1. The van der Waals surface area contributed by atoms with E-state index in [4.69, 9.17) is 10.5 Å². The number of primary amides is 1. The summed E-state index contributed by atoms with van der Waals surface area (Å²) in [5, 5.41) is 0. The van der Waals surface area contributed by atoms with Gasteiger partial charge in [0.05, 0.1) is 4.47 Å². The van der Waals surface area contributed by atoms with E-state index in [1.54, 1.807) is 18.2 Å². The number of carbonyl (C=O) groups is 2. The first-order valence-corrected chi connectivity index (χ1v) is 4.58. The number of ether oxygens (including phenoxy) is 1. The average Bonchev–Trinajstić information content (AvgIpc) is 2.15. The maximum absolute atomic E-state index is 10.4. The molecule has 0 unspecified atom stereocenters. The first kappa shape index (κ1) is 10.7. The van der Waals surface area contributed by atoms with Crippen molar-refractivity contribution in [1.29, 1.82) is 0 Å². The highest BCUT2D eigenvalue weighted by molar-refractivity contribution is 9.10. The molecule has 2 N–H and O–H groups in total. The van der Waals surface area contributed by atoms with Crippen LogP contribution in [0.15, 0.2) is 22.7 Å². The van der Waals surface area contributed by atoms with E-state index < -0.39 is 5.91 Å². The number of hydrogen-bond donors (Lipinski definition) is 1. The van der Waals surface area contributed by atoms with Gasteiger partial charge in [0.25, 0.3) is 5.91 Å². The van der Waals surface area contributed by atoms with Gasteiger partial charge in [-0.1, -0.05) is 0 Å². The Morgan fingerprint density at radius 3 is 2.79 bits per heavy atom. The van der Waals surface area contributed by atoms with E-state index in [0.717, 1.165) is 6.29 Å². The van der Waals surface area contributed by atoms with Crippen LogP contribution in [0, 0.1) is 0 Å². The number of aldehydes is 1. The highest BCUT2D eigenvalue weighted by atomic mass is 79.9. The Kier molecular flexibility index (Phi) is 3.64. The molecule has 0 spiro atoms. The molecule has 1 rings (SSSR count). The minimum absolute atomic E-state index is 0.182. The maximum Gasteiger partial charge on any atom is 0.255 e. The smallest absolute Gasteiger partial charge is 0.255 e. The molecule has 0 aliphatic heterocycles. The molecular weight excluding hydrogens is 250 g/mol. The normalized spacial score (nSPS) is 9.50. The van der Waals surface area contributed by atoms with Crippen molar-refractivity contribution in [3.8, 4) is 5.75 Å². The molecule has 1 aromatic rings. The second kappa shape index (κ2) is 4.76. The Balaban J connectivity index is 2.78. The molecule has 0 atom stereocenters. The van der Waals surface area contributed by atoms with E-state index in [1.807, 2.05) is 0 Å². The summed E-state index contributed by atoms with van der Waals surface area (Å²) in [5.41, 5.74) is 5.44. The van der Waals surface area contributed by atoms with Gasteiger partial charge in [0.1, 0.15) is 12.0 Å². The monoisotopic (exact) mass is 257 g/mol. The molecule has 0 heterocycles. The van der Waals surface area contributed by atoms with Gasteiger partial charge in [0.15, 0.2) is 6.61 Å². The van der Waals surface area contributed by atoms with E-state index in [1.165, 1.54) is 0 Å². The third-order valence-corrected chi connectivity index (χ3v) is 2.08. The first-order chi connectivity index (χ1) is 6.63. The van der Waals surface area contributed by atoms with Gasteiger partial charge in [-0.2, -0.15) is 0 Å². The molecule has 1 aromatic carbocycles. The number of amides is 1. The molecule has 0 aliphatic rings. The maximum atomic E-state index is 10.4. The highest BCUT2D eigenvalue weighted by Crippen LogP contribution is 2.25. The van der Waals surface area contributed by atoms with Crippen LogP contribution in [0.4, 0.5) is 0 Å². The van der Waals surface area contributed by atoms with Crippen molar-refractivity contribution < 1.29 is 14.3 Å². The third-order valence-electron chi connectivity index (χ3n) is 1.46. The van der Waals surface area contributed by atoms with Crippen molar-refractivity contribution in [3.63, 3.8) is 0 Å². The molecule has 0 fully saturated rings. The predicted octanol–water partition coefficient (Wildman–Crippen LogP) is 1.13. The predicted molar refractivity (Wildman–Crippen MR) is 54.2 cm³/mol. The van der Waals surface area contributed by atoms with Gasteiger partial charge in [-0.3, -0.25) is 9.59 Å². The molecule has 0 radical (unpaired) electrons. The summed E-state index contributed by atoms with van der Waals surface area (Å²) < 4.78 is 5.67. The van der Waals surface area contributed by atoms with Crippen molar-refractivity contribution in [2.24, 2.45) is 5.73 Å². The summed E-state index contributed by atoms with van der Waals surface area (Å²) in [6.07, 6.45) is 0.725. The number of halogens is 1. The average molecular weight is 258 g/mol. The van der Waals surface area contributed by atoms with Crippen LogP contribution < -0.4 is 10.5 Å². The Labute approximate surface area is 89.2 Å². The van der Waals surface area contributed by atoms with Crippen molar-refractivity contribution in [3.05, 3.63) is 28.2 Å². The lowest BCUT2D eigenvalue weighted by Crippen LogP contribution is -2.20. The second-order valence-electron chi connectivity index (χ2n) is 2.56. The molecule has 0 saturated carbocycles. The summed E-state index contributed by atoms with van der Waals surface area (Å²) in [5.74, 6) is -0.0641. The molecule has 74 valence electrons. The lowest BCUT2D eigenvalue weighted by atomic mass is 10.2. The number of hydrogen-bond acceptors (Lipinski definition) is 3. The Bertz CT molecular complexity index is 365. The SMILES string of the molecule is NC(=O)COc1ccc(C=O)cc1Br. The fourth-order valence-corrected chi connectivity index (χ4v) is 1.37. The fourth-order valence-electron chi connectivity index (χ4n) is 0.856. The first-order valence-electron chi connectivity index (χ1n) is 3.79. The van der Waals surface area contributed by atoms with Crippen molar-refractivity contribution in [2.75, 3.05) is 6.61 Å². The van der Waals surface area contributed by atoms with Crippen LogP contribution in [-0.2, 0) is 4.79 Å². The zero-order chi connectivity index (χ0) is 10.6. The van der Waals surface area contributed by atoms with Gasteiger partial charge in [-0.25, -0.2) is 0 Å². The molecule has 4 nitrogen and oxygen atoms in total. The largest absolute Gasteiger partial charge is 0.483 e. The van der Waals surface area contributed by atoms with Gasteiger partial charge in [0, 0.05) is 5.56 Å². The molecular formula is C9H8BrNO3. The van der Waals surface area contributed by atoms with Crippen LogP contribution in [0.25, 0.3) is 0 Å². The van der Waals surface area contributed by atoms with Crippen molar-refractivity contribution >= 4 is 28.1 Å². The highest BCUT2D eigenvalue weighted by Gasteiger charge is 2.03. The Morgan fingerprint density at radius 1 is 1.57 bits per heavy atom. The molecule has 14 heavy (non-hydrogen) atoms. The van der Waals surface area contributed by atoms with Crippen LogP contribution in [0.5, 0.6) is 5.75 Å². The van der Waals surface area contributed by atoms with E-state index in [9.17, 15) is 9.59 Å². The van der Waals surface area contributed by atoms with Crippen LogP contribution in [0.1, 0.15) is 10.4 Å². The standard InChI is InChI=1S/C9H8BrNO3/c10-7-3-6(4-12)1-2-8(7)14-5-9(11)13/h1-4H,5H2,(H2,11,13). The number of benzene rings is 1. The summed E-state index contributed by atoms with van der Waals surface area (Å²) in [6, 6.07) is 4.79. The van der Waals surface area contributed by atoms with E-state index in [2.05, 4.69) is 15.9 Å². The Morgan fingerprint density at radius 2 is 2.29 bits per heavy atom. The van der Waals surface area contributed by atoms with Gasteiger partial charge in [-0.15, -0.1) is 0 Å². The summed E-state index contributed by atoms with van der Waals surface area (Å²) in [6.45, 7) is -0.182. The molecule has 1 amide bonds. The minimum atomic E-state index is -0.545. The van der Waals surface area contributed by atoms with Gasteiger partial charge in [0.2, 0.25) is 0 Å². The number of rotatable bonds is 4. The topological polar surface area (TPSA) is 69.4 Å². The summed E-state index contributed by atoms with van der Waals surface area (Å²) in [4.78, 5) is 20.8.